The van der Waals surface area contributed by atoms with Gasteiger partial charge in [-0.15, -0.1) is 0 Å². The number of amides is 4. The quantitative estimate of drug-likeness (QED) is 0.569. The molecule has 4 amide bonds. The maximum absolute atomic E-state index is 12.5. The van der Waals surface area contributed by atoms with Crippen LogP contribution >= 0.6 is 15.9 Å². The third-order valence-corrected chi connectivity index (χ3v) is 5.07. The van der Waals surface area contributed by atoms with E-state index in [-0.39, 0.29) is 17.5 Å². The minimum atomic E-state index is -1.18. The van der Waals surface area contributed by atoms with Crippen LogP contribution in [-0.2, 0) is 10.3 Å². The predicted octanol–water partition coefficient (Wildman–Crippen LogP) is 2.60. The van der Waals surface area contributed by atoms with Crippen molar-refractivity contribution < 1.29 is 14.4 Å². The zero-order chi connectivity index (χ0) is 19.1. The minimum Gasteiger partial charge on any atom is -0.321 e. The molecular formula is C17H18BrN5O3. The van der Waals surface area contributed by atoms with Crippen LogP contribution in [0.5, 0.6) is 0 Å². The van der Waals surface area contributed by atoms with Crippen LogP contribution in [0.1, 0.15) is 48.4 Å². The Morgan fingerprint density at radius 1 is 1.31 bits per heavy atom. The molecule has 8 nitrogen and oxygen atoms in total. The predicted molar refractivity (Wildman–Crippen MR) is 98.8 cm³/mol. The minimum absolute atomic E-state index is 0.186. The molecule has 3 rings (SSSR count). The topological polar surface area (TPSA) is 116 Å². The van der Waals surface area contributed by atoms with Crippen LogP contribution in [0, 0.1) is 0 Å². The van der Waals surface area contributed by atoms with E-state index in [0.717, 1.165) is 5.69 Å². The second-order valence-electron chi connectivity index (χ2n) is 6.52. The van der Waals surface area contributed by atoms with E-state index >= 15 is 0 Å². The number of urea groups is 1. The molecule has 26 heavy (non-hydrogen) atoms. The van der Waals surface area contributed by atoms with Crippen LogP contribution in [0.4, 0.5) is 10.5 Å². The van der Waals surface area contributed by atoms with Crippen molar-refractivity contribution in [2.45, 2.75) is 32.2 Å². The maximum atomic E-state index is 12.5. The fourth-order valence-electron chi connectivity index (χ4n) is 2.72. The molecule has 0 bridgehead atoms. The number of hydrogen-bond donors (Lipinski definition) is 4. The average Bonchev–Trinajstić information content (AvgIpc) is 3.08. The summed E-state index contributed by atoms with van der Waals surface area (Å²) in [6.45, 7) is 5.59. The number of nitrogens with one attached hydrogen (secondary N) is 4. The lowest BCUT2D eigenvalue weighted by Crippen LogP contribution is -2.40. The first kappa shape index (κ1) is 18.1. The molecule has 2 heterocycles. The highest BCUT2D eigenvalue weighted by Crippen LogP contribution is 2.28. The first-order chi connectivity index (χ1) is 12.2. The van der Waals surface area contributed by atoms with Crippen LogP contribution in [0.25, 0.3) is 0 Å². The summed E-state index contributed by atoms with van der Waals surface area (Å²) >= 11 is 3.40. The molecule has 136 valence electrons. The molecule has 1 aliphatic rings. The van der Waals surface area contributed by atoms with Crippen molar-refractivity contribution in [2.24, 2.45) is 0 Å². The van der Waals surface area contributed by atoms with Gasteiger partial charge in [0, 0.05) is 5.69 Å². The van der Waals surface area contributed by atoms with Gasteiger partial charge in [-0.1, -0.05) is 26.0 Å². The van der Waals surface area contributed by atoms with Crippen molar-refractivity contribution in [3.8, 4) is 0 Å². The van der Waals surface area contributed by atoms with E-state index in [1.165, 1.54) is 0 Å². The molecule has 1 aromatic carbocycles. The molecule has 0 spiro atoms. The number of anilines is 1. The van der Waals surface area contributed by atoms with Crippen molar-refractivity contribution in [1.29, 1.82) is 0 Å². The smallest absolute Gasteiger partial charge is 0.321 e. The summed E-state index contributed by atoms with van der Waals surface area (Å²) in [5.74, 6) is -0.643. The van der Waals surface area contributed by atoms with Gasteiger partial charge in [-0.2, -0.15) is 5.10 Å². The number of benzene rings is 1. The Morgan fingerprint density at radius 2 is 2.04 bits per heavy atom. The lowest BCUT2D eigenvalue weighted by atomic mass is 9.92. The highest BCUT2D eigenvalue weighted by molar-refractivity contribution is 9.10. The van der Waals surface area contributed by atoms with E-state index in [4.69, 9.17) is 0 Å². The summed E-state index contributed by atoms with van der Waals surface area (Å²) < 4.78 is 0.621. The van der Waals surface area contributed by atoms with Gasteiger partial charge in [-0.25, -0.2) is 4.79 Å². The summed E-state index contributed by atoms with van der Waals surface area (Å²) in [5, 5.41) is 14.5. The molecule has 4 N–H and O–H groups in total. The number of imide groups is 1. The number of nitrogens with zero attached hydrogens (tertiary/aromatic N) is 1. The van der Waals surface area contributed by atoms with Gasteiger partial charge in [-0.3, -0.25) is 20.0 Å². The summed E-state index contributed by atoms with van der Waals surface area (Å²) in [5.41, 5.74) is 0.945. The molecule has 1 unspecified atom stereocenters. The molecule has 2 aromatic rings. The zero-order valence-electron chi connectivity index (χ0n) is 14.4. The second kappa shape index (κ2) is 6.56. The fraction of sp³-hybridized carbons (Fsp3) is 0.294. The van der Waals surface area contributed by atoms with E-state index in [2.05, 4.69) is 42.1 Å². The van der Waals surface area contributed by atoms with Gasteiger partial charge in [0.05, 0.1) is 10.2 Å². The molecule has 0 saturated carbocycles. The Bertz CT molecular complexity index is 908. The van der Waals surface area contributed by atoms with Crippen molar-refractivity contribution in [2.75, 3.05) is 5.32 Å². The van der Waals surface area contributed by atoms with Crippen molar-refractivity contribution in [3.05, 3.63) is 45.7 Å². The second-order valence-corrected chi connectivity index (χ2v) is 7.32. The fourth-order valence-corrected chi connectivity index (χ4v) is 3.53. The number of halogens is 1. The molecular weight excluding hydrogens is 402 g/mol. The van der Waals surface area contributed by atoms with E-state index in [9.17, 15) is 14.4 Å². The lowest BCUT2D eigenvalue weighted by Gasteiger charge is -2.21. The third kappa shape index (κ3) is 3.10. The first-order valence-corrected chi connectivity index (χ1v) is 8.81. The number of aromatic amines is 1. The van der Waals surface area contributed by atoms with Gasteiger partial charge in [0.2, 0.25) is 0 Å². The van der Waals surface area contributed by atoms with Crippen LogP contribution in [0.3, 0.4) is 0 Å². The highest BCUT2D eigenvalue weighted by atomic mass is 79.9. The molecule has 1 atom stereocenters. The SMILES string of the molecule is CC(C)c1[nH]nc(C(=O)Nc2cccc(C3(C)NC(=O)NC3=O)c2)c1Br. The summed E-state index contributed by atoms with van der Waals surface area (Å²) in [6.07, 6.45) is 0. The number of carbonyl (C=O) groups is 3. The Balaban J connectivity index is 1.85. The number of rotatable bonds is 4. The van der Waals surface area contributed by atoms with E-state index < -0.39 is 17.5 Å². The molecule has 1 aromatic heterocycles. The molecule has 1 fully saturated rings. The molecule has 1 saturated heterocycles. The Labute approximate surface area is 158 Å². The van der Waals surface area contributed by atoms with Crippen LogP contribution in [0.15, 0.2) is 28.7 Å². The van der Waals surface area contributed by atoms with Gasteiger partial charge < -0.3 is 10.6 Å². The average molecular weight is 420 g/mol. The lowest BCUT2D eigenvalue weighted by molar-refractivity contribution is -0.123. The van der Waals surface area contributed by atoms with Gasteiger partial charge in [0.25, 0.3) is 11.8 Å². The Hall–Kier alpha value is -2.68. The largest absolute Gasteiger partial charge is 0.322 e. The van der Waals surface area contributed by atoms with Gasteiger partial charge in [0.1, 0.15) is 5.54 Å². The van der Waals surface area contributed by atoms with Crippen LogP contribution in [-0.4, -0.2) is 28.0 Å². The number of hydrogen-bond acceptors (Lipinski definition) is 4. The monoisotopic (exact) mass is 419 g/mol. The van der Waals surface area contributed by atoms with Crippen LogP contribution < -0.4 is 16.0 Å². The van der Waals surface area contributed by atoms with Crippen LogP contribution in [0.2, 0.25) is 0 Å². The van der Waals surface area contributed by atoms with Gasteiger partial charge in [0.15, 0.2) is 5.69 Å². The third-order valence-electron chi connectivity index (χ3n) is 4.27. The summed E-state index contributed by atoms with van der Waals surface area (Å²) in [7, 11) is 0. The summed E-state index contributed by atoms with van der Waals surface area (Å²) in [4.78, 5) is 36.1. The molecule has 0 radical (unpaired) electrons. The van der Waals surface area contributed by atoms with Crippen molar-refractivity contribution in [1.82, 2.24) is 20.8 Å². The first-order valence-electron chi connectivity index (χ1n) is 8.01. The number of H-pyrrole nitrogens is 1. The normalized spacial score (nSPS) is 19.4. The van der Waals surface area contributed by atoms with E-state index in [1.807, 2.05) is 13.8 Å². The van der Waals surface area contributed by atoms with Gasteiger partial charge >= 0.3 is 6.03 Å². The number of carbonyl (C=O) groups excluding carboxylic acids is 3. The molecule has 0 aliphatic carbocycles. The van der Waals surface area contributed by atoms with Crippen molar-refractivity contribution >= 4 is 39.5 Å². The zero-order valence-corrected chi connectivity index (χ0v) is 16.0. The Morgan fingerprint density at radius 3 is 2.62 bits per heavy atom. The van der Waals surface area contributed by atoms with Gasteiger partial charge in [-0.05, 0) is 46.5 Å². The van der Waals surface area contributed by atoms with Crippen molar-refractivity contribution in [3.63, 3.8) is 0 Å². The molecule has 1 aliphatic heterocycles. The Kier molecular flexibility index (Phi) is 4.57. The van der Waals surface area contributed by atoms with E-state index in [0.29, 0.717) is 15.7 Å². The number of aromatic nitrogens is 2. The summed E-state index contributed by atoms with van der Waals surface area (Å²) in [6, 6.07) is 6.21. The van der Waals surface area contributed by atoms with E-state index in [1.54, 1.807) is 31.2 Å². The standard InChI is InChI=1S/C17H18BrN5O3/c1-8(2)12-11(18)13(23-22-12)14(24)19-10-6-4-5-9(7-10)17(3)15(25)20-16(26)21-17/h4-8H,1-3H3,(H,19,24)(H,22,23)(H2,20,21,25,26). The highest BCUT2D eigenvalue weighted by Gasteiger charge is 2.43. The molecule has 9 heteroatoms. The maximum Gasteiger partial charge on any atom is 0.322 e.